The number of benzene rings is 2. The van der Waals surface area contributed by atoms with E-state index in [1.165, 1.54) is 48.8 Å². The molecule has 194 valence electrons. The van der Waals surface area contributed by atoms with Crippen molar-refractivity contribution in [2.75, 3.05) is 31.9 Å². The van der Waals surface area contributed by atoms with Gasteiger partial charge < -0.3 is 18.5 Å². The molecule has 1 heterocycles. The summed E-state index contributed by atoms with van der Waals surface area (Å²) in [7, 11) is -5.18. The fraction of sp³-hybridized carbons (Fsp3) is 0.304. The van der Waals surface area contributed by atoms with Gasteiger partial charge in [-0.2, -0.15) is 0 Å². The number of carbonyl (C=O) groups is 1. The average Bonchev–Trinajstić information content (AvgIpc) is 3.24. The van der Waals surface area contributed by atoms with Gasteiger partial charge in [-0.3, -0.25) is 14.7 Å². The van der Waals surface area contributed by atoms with Crippen LogP contribution in [0, 0.1) is 0 Å². The normalized spacial score (nSPS) is 11.8. The van der Waals surface area contributed by atoms with Gasteiger partial charge in [-0.05, 0) is 50.2 Å². The van der Waals surface area contributed by atoms with Crippen molar-refractivity contribution in [2.45, 2.75) is 24.9 Å². The van der Waals surface area contributed by atoms with Crippen LogP contribution in [0.2, 0.25) is 0 Å². The quantitative estimate of drug-likeness (QED) is 0.294. The number of hydrogen-bond acceptors (Lipinski definition) is 10. The Kier molecular flexibility index (Phi) is 9.26. The van der Waals surface area contributed by atoms with Gasteiger partial charge in [-0.1, -0.05) is 0 Å². The van der Waals surface area contributed by atoms with Crippen molar-refractivity contribution >= 4 is 39.8 Å². The number of nitrogens with zero attached hydrogens (tertiary/aromatic N) is 1. The first-order valence-electron chi connectivity index (χ1n) is 10.9. The molecule has 13 heteroatoms. The molecule has 1 N–H and O–H groups in total. The number of anilines is 1. The van der Waals surface area contributed by atoms with E-state index in [2.05, 4.69) is 10.3 Å². The van der Waals surface area contributed by atoms with E-state index in [1.54, 1.807) is 31.4 Å². The minimum absolute atomic E-state index is 0.00365. The first-order chi connectivity index (χ1) is 17.0. The Morgan fingerprint density at radius 3 is 2.25 bits per heavy atom. The van der Waals surface area contributed by atoms with Crippen molar-refractivity contribution in [2.24, 2.45) is 0 Å². The summed E-state index contributed by atoms with van der Waals surface area (Å²) >= 11 is 1.18. The summed E-state index contributed by atoms with van der Waals surface area (Å²) in [6, 6.07) is 10.6. The minimum atomic E-state index is -3.33. The van der Waals surface area contributed by atoms with Crippen LogP contribution in [-0.4, -0.2) is 45.9 Å². The molecule has 1 aromatic heterocycles. The number of rotatable bonds is 12. The summed E-state index contributed by atoms with van der Waals surface area (Å²) in [6.45, 7) is 3.95. The van der Waals surface area contributed by atoms with E-state index in [4.69, 9.17) is 18.5 Å². The molecule has 0 fully saturated rings. The number of ether oxygens (including phenoxy) is 2. The predicted octanol–water partition coefficient (Wildman–Crippen LogP) is 5.37. The first kappa shape index (κ1) is 27.8. The highest BCUT2D eigenvalue weighted by Crippen LogP contribution is 2.51. The second kappa shape index (κ2) is 12.0. The highest BCUT2D eigenvalue weighted by Gasteiger charge is 2.26. The maximum Gasteiger partial charge on any atom is 0.336 e. The second-order valence-corrected chi connectivity index (χ2v) is 12.4. The Labute approximate surface area is 214 Å². The van der Waals surface area contributed by atoms with Gasteiger partial charge >= 0.3 is 7.60 Å². The molecule has 0 aliphatic heterocycles. The number of hydrogen-bond donors (Lipinski definition) is 1. The van der Waals surface area contributed by atoms with Gasteiger partial charge in [-0.15, -0.1) is 11.3 Å². The summed E-state index contributed by atoms with van der Waals surface area (Å²) < 4.78 is 57.7. The van der Waals surface area contributed by atoms with Crippen molar-refractivity contribution in [3.63, 3.8) is 0 Å². The minimum Gasteiger partial charge on any atom is -0.497 e. The van der Waals surface area contributed by atoms with E-state index < -0.39 is 23.3 Å². The number of carbonyl (C=O) groups excluding carboxylic acids is 1. The van der Waals surface area contributed by atoms with Gasteiger partial charge in [0.25, 0.3) is 5.91 Å². The molecule has 3 rings (SSSR count). The van der Waals surface area contributed by atoms with Gasteiger partial charge in [0.05, 0.1) is 37.1 Å². The maximum atomic E-state index is 12.9. The standard InChI is InChI=1S/C23H27N2O8PS2/c1-5-31-34(27,32-6-2)14-17-15-35-23(24-17)25-22(26)16-11-19(30-3)13-20(12-16)33-18-7-9-21(10-8-18)36(4,28)29/h7-13,15H,5-6,14H2,1-4H3,(H,24,25,26). The van der Waals surface area contributed by atoms with Gasteiger partial charge in [0.1, 0.15) is 17.2 Å². The third-order valence-corrected chi connectivity index (χ3v) is 8.59. The maximum absolute atomic E-state index is 12.9. The van der Waals surface area contributed by atoms with Gasteiger partial charge in [0, 0.05) is 23.3 Å². The lowest BCUT2D eigenvalue weighted by atomic mass is 10.2. The van der Waals surface area contributed by atoms with Crippen LogP contribution in [0.4, 0.5) is 5.13 Å². The Balaban J connectivity index is 1.75. The molecule has 0 aliphatic rings. The summed E-state index contributed by atoms with van der Waals surface area (Å²) in [6.07, 6.45) is 1.12. The smallest absolute Gasteiger partial charge is 0.336 e. The van der Waals surface area contributed by atoms with Crippen LogP contribution in [0.15, 0.2) is 52.7 Å². The first-order valence-corrected chi connectivity index (χ1v) is 15.4. The van der Waals surface area contributed by atoms with Crippen molar-refractivity contribution in [1.29, 1.82) is 0 Å². The van der Waals surface area contributed by atoms with E-state index in [0.717, 1.165) is 6.26 Å². The molecule has 0 atom stereocenters. The van der Waals surface area contributed by atoms with E-state index in [-0.39, 0.29) is 29.8 Å². The third kappa shape index (κ3) is 7.62. The molecule has 0 saturated carbocycles. The molecule has 0 spiro atoms. The number of aromatic nitrogens is 1. The molecule has 0 bridgehead atoms. The monoisotopic (exact) mass is 554 g/mol. The highest BCUT2D eigenvalue weighted by atomic mass is 32.2. The number of amides is 1. The Hall–Kier alpha value is -2.76. The van der Waals surface area contributed by atoms with Crippen molar-refractivity contribution < 1.29 is 36.3 Å². The van der Waals surface area contributed by atoms with Crippen LogP contribution in [0.25, 0.3) is 0 Å². The third-order valence-electron chi connectivity index (χ3n) is 4.64. The van der Waals surface area contributed by atoms with E-state index in [9.17, 15) is 17.8 Å². The molecule has 0 radical (unpaired) electrons. The molecular formula is C23H27N2O8PS2. The van der Waals surface area contributed by atoms with Crippen molar-refractivity contribution in [3.05, 3.63) is 59.1 Å². The van der Waals surface area contributed by atoms with Crippen LogP contribution < -0.4 is 14.8 Å². The topological polar surface area (TPSA) is 130 Å². The number of sulfone groups is 1. The Morgan fingerprint density at radius 1 is 1.03 bits per heavy atom. The lowest BCUT2D eigenvalue weighted by Gasteiger charge is -2.15. The lowest BCUT2D eigenvalue weighted by molar-refractivity contribution is 0.102. The summed E-state index contributed by atoms with van der Waals surface area (Å²) in [4.78, 5) is 17.4. The lowest BCUT2D eigenvalue weighted by Crippen LogP contribution is -2.12. The largest absolute Gasteiger partial charge is 0.497 e. The molecule has 36 heavy (non-hydrogen) atoms. The van der Waals surface area contributed by atoms with Crippen LogP contribution in [0.1, 0.15) is 29.9 Å². The molecule has 0 saturated heterocycles. The SMILES string of the molecule is CCOP(=O)(Cc1csc(NC(=O)c2cc(OC)cc(Oc3ccc(S(C)(=O)=O)cc3)c2)n1)OCC. The average molecular weight is 555 g/mol. The molecule has 2 aromatic carbocycles. The van der Waals surface area contributed by atoms with E-state index >= 15 is 0 Å². The number of thiazole rings is 1. The van der Waals surface area contributed by atoms with Crippen molar-refractivity contribution in [3.8, 4) is 17.2 Å². The summed E-state index contributed by atoms with van der Waals surface area (Å²) in [5, 5.41) is 4.71. The molecule has 10 nitrogen and oxygen atoms in total. The molecule has 1 amide bonds. The highest BCUT2D eigenvalue weighted by molar-refractivity contribution is 7.90. The van der Waals surface area contributed by atoms with Gasteiger partial charge in [0.15, 0.2) is 15.0 Å². The zero-order valence-corrected chi connectivity index (χ0v) is 22.7. The zero-order chi connectivity index (χ0) is 26.3. The molecule has 3 aromatic rings. The Morgan fingerprint density at radius 2 is 1.67 bits per heavy atom. The summed E-state index contributed by atoms with van der Waals surface area (Å²) in [5.74, 6) is 0.643. The van der Waals surface area contributed by atoms with Crippen molar-refractivity contribution in [1.82, 2.24) is 4.98 Å². The fourth-order valence-electron chi connectivity index (χ4n) is 3.10. The molecular weight excluding hydrogens is 527 g/mol. The van der Waals surface area contributed by atoms with Crippen LogP contribution in [0.3, 0.4) is 0 Å². The van der Waals surface area contributed by atoms with Crippen LogP contribution in [0.5, 0.6) is 17.2 Å². The molecule has 0 unspecified atom stereocenters. The predicted molar refractivity (Wildman–Crippen MR) is 137 cm³/mol. The second-order valence-electron chi connectivity index (χ2n) is 7.45. The zero-order valence-electron chi connectivity index (χ0n) is 20.2. The molecule has 0 aliphatic carbocycles. The fourth-order valence-corrected chi connectivity index (χ4v) is 6.16. The van der Waals surface area contributed by atoms with Crippen LogP contribution >= 0.6 is 18.9 Å². The van der Waals surface area contributed by atoms with Gasteiger partial charge in [0.2, 0.25) is 0 Å². The van der Waals surface area contributed by atoms with Crippen LogP contribution in [-0.2, 0) is 29.6 Å². The number of methoxy groups -OCH3 is 1. The van der Waals surface area contributed by atoms with E-state index in [0.29, 0.717) is 28.1 Å². The number of nitrogens with one attached hydrogen (secondary N) is 1. The van der Waals surface area contributed by atoms with Gasteiger partial charge in [-0.25, -0.2) is 13.4 Å². The summed E-state index contributed by atoms with van der Waals surface area (Å²) in [5.41, 5.74) is 0.732. The Bertz CT molecular complexity index is 1350. The van der Waals surface area contributed by atoms with E-state index in [1.807, 2.05) is 0 Å².